The van der Waals surface area contributed by atoms with E-state index >= 15 is 0 Å². The van der Waals surface area contributed by atoms with Gasteiger partial charge in [0.15, 0.2) is 0 Å². The average molecular weight is 343 g/mol. The van der Waals surface area contributed by atoms with E-state index in [0.29, 0.717) is 33.9 Å². The Hall–Kier alpha value is -2.74. The minimum atomic E-state index is -0.268. The van der Waals surface area contributed by atoms with Gasteiger partial charge in [0, 0.05) is 18.8 Å². The summed E-state index contributed by atoms with van der Waals surface area (Å²) in [5.41, 5.74) is 0.408. The van der Waals surface area contributed by atoms with Crippen LogP contribution >= 0.6 is 12.2 Å². The summed E-state index contributed by atoms with van der Waals surface area (Å²) in [7, 11) is 0. The van der Waals surface area contributed by atoms with E-state index in [1.54, 1.807) is 22.6 Å². The third-order valence-electron chi connectivity index (χ3n) is 3.52. The Kier molecular flexibility index (Phi) is 4.30. The minimum absolute atomic E-state index is 0.264. The van der Waals surface area contributed by atoms with Crippen LogP contribution < -0.4 is 10.9 Å². The highest BCUT2D eigenvalue weighted by molar-refractivity contribution is 7.71. The summed E-state index contributed by atoms with van der Waals surface area (Å²) in [6.45, 7) is 4.58. The van der Waals surface area contributed by atoms with Gasteiger partial charge >= 0.3 is 0 Å². The van der Waals surface area contributed by atoms with Gasteiger partial charge in [-0.1, -0.05) is 26.0 Å². The quantitative estimate of drug-likeness (QED) is 0.560. The van der Waals surface area contributed by atoms with Crippen LogP contribution in [0.2, 0.25) is 0 Å². The van der Waals surface area contributed by atoms with Crippen LogP contribution in [0.4, 0.5) is 0 Å². The number of benzene rings is 1. The Morgan fingerprint density at radius 1 is 1.42 bits per heavy atom. The molecule has 0 spiro atoms. The zero-order valence-electron chi connectivity index (χ0n) is 13.3. The molecule has 8 heteroatoms. The number of H-pyrrole nitrogens is 1. The lowest BCUT2D eigenvalue weighted by Crippen LogP contribution is -2.26. The van der Waals surface area contributed by atoms with Crippen molar-refractivity contribution in [2.45, 2.75) is 13.8 Å². The maximum atomic E-state index is 12.7. The Balaban J connectivity index is 2.13. The molecule has 7 nitrogen and oxygen atoms in total. The average Bonchev–Trinajstić information content (AvgIpc) is 2.94. The fourth-order valence-corrected chi connectivity index (χ4v) is 2.60. The van der Waals surface area contributed by atoms with Crippen LogP contribution in [0.1, 0.15) is 13.8 Å². The van der Waals surface area contributed by atoms with E-state index in [4.69, 9.17) is 12.2 Å². The second kappa shape index (κ2) is 6.40. The molecule has 0 saturated carbocycles. The fourth-order valence-electron chi connectivity index (χ4n) is 2.38. The summed E-state index contributed by atoms with van der Waals surface area (Å²) in [4.78, 5) is 24.6. The number of nitrogens with zero attached hydrogens (tertiary/aromatic N) is 3. The van der Waals surface area contributed by atoms with Crippen LogP contribution in [0.15, 0.2) is 35.1 Å². The van der Waals surface area contributed by atoms with Gasteiger partial charge in [0.05, 0.1) is 10.9 Å². The van der Waals surface area contributed by atoms with Gasteiger partial charge in [0.25, 0.3) is 5.56 Å². The molecule has 0 aliphatic carbocycles. The van der Waals surface area contributed by atoms with Gasteiger partial charge in [-0.15, -0.1) is 5.10 Å². The van der Waals surface area contributed by atoms with Crippen molar-refractivity contribution in [3.63, 3.8) is 0 Å². The highest BCUT2D eigenvalue weighted by atomic mass is 32.1. The van der Waals surface area contributed by atoms with Crippen LogP contribution in [0.3, 0.4) is 0 Å². The summed E-state index contributed by atoms with van der Waals surface area (Å²) in [6, 6.07) is 7.13. The third kappa shape index (κ3) is 2.88. The van der Waals surface area contributed by atoms with Gasteiger partial charge in [0.1, 0.15) is 0 Å². The second-order valence-electron chi connectivity index (χ2n) is 5.81. The molecule has 2 heterocycles. The molecule has 0 aliphatic rings. The number of aromatic nitrogens is 4. The van der Waals surface area contributed by atoms with Gasteiger partial charge in [-0.2, -0.15) is 0 Å². The van der Waals surface area contributed by atoms with Crippen molar-refractivity contribution in [1.29, 1.82) is 0 Å². The van der Waals surface area contributed by atoms with Gasteiger partial charge in [-0.05, 0) is 30.3 Å². The maximum absolute atomic E-state index is 12.7. The first-order chi connectivity index (χ1) is 11.5. The molecule has 0 unspecified atom stereocenters. The smallest absolute Gasteiger partial charge is 0.266 e. The van der Waals surface area contributed by atoms with E-state index in [9.17, 15) is 9.59 Å². The molecule has 0 aliphatic heterocycles. The van der Waals surface area contributed by atoms with Crippen LogP contribution in [0.5, 0.6) is 0 Å². The number of aromatic amines is 1. The fraction of sp³-hybridized carbons (Fsp3) is 0.250. The van der Waals surface area contributed by atoms with Crippen LogP contribution in [-0.4, -0.2) is 31.6 Å². The molecule has 2 N–H and O–H groups in total. The molecule has 2 aromatic heterocycles. The molecular formula is C16H17N5O2S. The predicted molar refractivity (Wildman–Crippen MR) is 95.3 cm³/mol. The molecular weight excluding hydrogens is 326 g/mol. The number of hydrogen-bond donors (Lipinski definition) is 2. The second-order valence-corrected chi connectivity index (χ2v) is 6.20. The van der Waals surface area contributed by atoms with Crippen molar-refractivity contribution in [2.75, 3.05) is 6.54 Å². The molecule has 3 rings (SSSR count). The maximum Gasteiger partial charge on any atom is 0.266 e. The SMILES string of the molecule is CC(C)CNC(=O)C=Cn1c(=O)c2ccccc2n2c(=S)[nH]nc12. The van der Waals surface area contributed by atoms with Gasteiger partial charge in [-0.25, -0.2) is 5.10 Å². The van der Waals surface area contributed by atoms with E-state index in [-0.39, 0.29) is 11.5 Å². The Morgan fingerprint density at radius 2 is 2.17 bits per heavy atom. The number of fused-ring (bicyclic) bond motifs is 3. The molecule has 0 atom stereocenters. The Bertz CT molecular complexity index is 1060. The van der Waals surface area contributed by atoms with E-state index in [1.165, 1.54) is 16.8 Å². The first-order valence-electron chi connectivity index (χ1n) is 7.55. The zero-order chi connectivity index (χ0) is 17.3. The Labute approximate surface area is 142 Å². The number of para-hydroxylation sites is 1. The lowest BCUT2D eigenvalue weighted by Gasteiger charge is -2.07. The molecule has 0 fully saturated rings. The summed E-state index contributed by atoms with van der Waals surface area (Å²) >= 11 is 5.25. The van der Waals surface area contributed by atoms with Crippen molar-refractivity contribution >= 4 is 41.0 Å². The normalized spacial score (nSPS) is 11.8. The largest absolute Gasteiger partial charge is 0.352 e. The zero-order valence-corrected chi connectivity index (χ0v) is 14.1. The van der Waals surface area contributed by atoms with Gasteiger partial charge in [0.2, 0.25) is 16.5 Å². The predicted octanol–water partition coefficient (Wildman–Crippen LogP) is 1.95. The van der Waals surface area contributed by atoms with E-state index in [1.807, 2.05) is 19.9 Å². The van der Waals surface area contributed by atoms with E-state index < -0.39 is 0 Å². The number of hydrogen-bond acceptors (Lipinski definition) is 4. The summed E-state index contributed by atoms with van der Waals surface area (Å²) in [5, 5.41) is 10.1. The van der Waals surface area contributed by atoms with Crippen molar-refractivity contribution in [1.82, 2.24) is 24.5 Å². The van der Waals surface area contributed by atoms with Crippen LogP contribution in [0.25, 0.3) is 22.9 Å². The van der Waals surface area contributed by atoms with Crippen molar-refractivity contribution in [2.24, 2.45) is 5.92 Å². The van der Waals surface area contributed by atoms with E-state index in [2.05, 4.69) is 15.5 Å². The number of nitrogens with one attached hydrogen (secondary N) is 2. The molecule has 1 aromatic carbocycles. The molecule has 0 bridgehead atoms. The van der Waals surface area contributed by atoms with E-state index in [0.717, 1.165) is 0 Å². The lowest BCUT2D eigenvalue weighted by molar-refractivity contribution is -0.116. The highest BCUT2D eigenvalue weighted by Gasteiger charge is 2.11. The topological polar surface area (TPSA) is 84.2 Å². The molecule has 0 saturated heterocycles. The van der Waals surface area contributed by atoms with Crippen molar-refractivity contribution < 1.29 is 4.79 Å². The molecule has 1 amide bonds. The number of amides is 1. The first kappa shape index (κ1) is 16.1. The first-order valence-corrected chi connectivity index (χ1v) is 7.96. The van der Waals surface area contributed by atoms with Crippen LogP contribution in [0, 0.1) is 10.7 Å². The van der Waals surface area contributed by atoms with Crippen molar-refractivity contribution in [3.8, 4) is 0 Å². The highest BCUT2D eigenvalue weighted by Crippen LogP contribution is 2.12. The molecule has 24 heavy (non-hydrogen) atoms. The van der Waals surface area contributed by atoms with Gasteiger partial charge in [-0.3, -0.25) is 18.6 Å². The van der Waals surface area contributed by atoms with Crippen molar-refractivity contribution in [3.05, 3.63) is 45.5 Å². The number of carbonyl (C=O) groups is 1. The summed E-state index contributed by atoms with van der Waals surface area (Å²) in [6.07, 6.45) is 2.73. The standard InChI is InChI=1S/C16H17N5O2S/c1-10(2)9-17-13(22)7-8-20-14(23)11-5-3-4-6-12(11)21-15(20)18-19-16(21)24/h3-8,10H,9H2,1-2H3,(H,17,22)(H,19,24). The monoisotopic (exact) mass is 343 g/mol. The van der Waals surface area contributed by atoms with Gasteiger partial charge < -0.3 is 5.32 Å². The minimum Gasteiger partial charge on any atom is -0.352 e. The molecule has 0 radical (unpaired) electrons. The Morgan fingerprint density at radius 3 is 2.92 bits per heavy atom. The molecule has 124 valence electrons. The summed E-state index contributed by atoms with van der Waals surface area (Å²) in [5.74, 6) is 0.412. The third-order valence-corrected chi connectivity index (χ3v) is 3.80. The van der Waals surface area contributed by atoms with Crippen LogP contribution in [-0.2, 0) is 4.79 Å². The lowest BCUT2D eigenvalue weighted by atomic mass is 10.2. The summed E-state index contributed by atoms with van der Waals surface area (Å²) < 4.78 is 3.36. The molecule has 3 aromatic rings. The number of carbonyl (C=O) groups excluding carboxylic acids is 1. The number of rotatable bonds is 4.